The van der Waals surface area contributed by atoms with Crippen LogP contribution in [0.2, 0.25) is 5.02 Å². The minimum absolute atomic E-state index is 0.259. The summed E-state index contributed by atoms with van der Waals surface area (Å²) in [5.74, 6) is 0.257. The quantitative estimate of drug-likeness (QED) is 0.915. The summed E-state index contributed by atoms with van der Waals surface area (Å²) in [5.41, 5.74) is 1.16. The highest BCUT2D eigenvalue weighted by atomic mass is 35.5. The van der Waals surface area contributed by atoms with Crippen LogP contribution in [-0.4, -0.2) is 17.1 Å². The van der Waals surface area contributed by atoms with E-state index in [0.717, 1.165) is 5.69 Å². The summed E-state index contributed by atoms with van der Waals surface area (Å²) < 4.78 is 18.6. The maximum atomic E-state index is 13.6. The standard InChI is InChI=1S/C13H13ClFN3O/c1-19-7-9-5-13(18-8-17-9)16-6-10-11(14)3-2-4-12(10)15/h2-5,8H,6-7H2,1H3,(H,16,17,18). The van der Waals surface area contributed by atoms with Gasteiger partial charge in [-0.15, -0.1) is 0 Å². The number of benzene rings is 1. The molecule has 2 rings (SSSR count). The Balaban J connectivity index is 2.08. The lowest BCUT2D eigenvalue weighted by atomic mass is 10.2. The summed E-state index contributed by atoms with van der Waals surface area (Å²) in [7, 11) is 1.59. The predicted molar refractivity (Wildman–Crippen MR) is 71.5 cm³/mol. The molecule has 0 fully saturated rings. The first kappa shape index (κ1) is 13.7. The van der Waals surface area contributed by atoms with Crippen molar-refractivity contribution in [2.75, 3.05) is 12.4 Å². The Hall–Kier alpha value is -1.72. The van der Waals surface area contributed by atoms with E-state index in [2.05, 4.69) is 15.3 Å². The zero-order valence-corrected chi connectivity index (χ0v) is 11.1. The van der Waals surface area contributed by atoms with Crippen LogP contribution >= 0.6 is 11.6 Å². The van der Waals surface area contributed by atoms with Gasteiger partial charge in [-0.3, -0.25) is 0 Å². The summed E-state index contributed by atoms with van der Waals surface area (Å²) in [4.78, 5) is 8.10. The third kappa shape index (κ3) is 3.62. The Morgan fingerprint density at radius 2 is 2.21 bits per heavy atom. The van der Waals surface area contributed by atoms with Crippen LogP contribution < -0.4 is 5.32 Å². The van der Waals surface area contributed by atoms with E-state index in [1.165, 1.54) is 12.4 Å². The van der Waals surface area contributed by atoms with Crippen molar-refractivity contribution in [1.82, 2.24) is 9.97 Å². The van der Waals surface area contributed by atoms with Crippen molar-refractivity contribution >= 4 is 17.4 Å². The molecule has 4 nitrogen and oxygen atoms in total. The molecule has 0 amide bonds. The molecule has 6 heteroatoms. The average Bonchev–Trinajstić information content (AvgIpc) is 2.39. The number of rotatable bonds is 5. The van der Waals surface area contributed by atoms with Gasteiger partial charge < -0.3 is 10.1 Å². The molecule has 0 bridgehead atoms. The smallest absolute Gasteiger partial charge is 0.129 e. The van der Waals surface area contributed by atoms with Crippen molar-refractivity contribution in [2.45, 2.75) is 13.2 Å². The van der Waals surface area contributed by atoms with E-state index >= 15 is 0 Å². The van der Waals surface area contributed by atoms with Crippen LogP contribution in [0, 0.1) is 5.82 Å². The summed E-state index contributed by atoms with van der Waals surface area (Å²) >= 11 is 5.94. The molecule has 19 heavy (non-hydrogen) atoms. The van der Waals surface area contributed by atoms with Gasteiger partial charge in [0.15, 0.2) is 0 Å². The molecule has 0 saturated heterocycles. The number of anilines is 1. The molecule has 1 heterocycles. The highest BCUT2D eigenvalue weighted by molar-refractivity contribution is 6.31. The second kappa shape index (κ2) is 6.45. The van der Waals surface area contributed by atoms with Crippen LogP contribution in [0.25, 0.3) is 0 Å². The molecule has 0 aliphatic heterocycles. The van der Waals surface area contributed by atoms with Crippen LogP contribution in [0.3, 0.4) is 0 Å². The van der Waals surface area contributed by atoms with Gasteiger partial charge in [0.1, 0.15) is 18.0 Å². The first-order valence-electron chi connectivity index (χ1n) is 5.67. The van der Waals surface area contributed by atoms with Crippen LogP contribution in [0.1, 0.15) is 11.3 Å². The normalized spacial score (nSPS) is 10.5. The SMILES string of the molecule is COCc1cc(NCc2c(F)cccc2Cl)ncn1. The Bertz CT molecular complexity index is 545. The largest absolute Gasteiger partial charge is 0.378 e. The number of hydrogen-bond donors (Lipinski definition) is 1. The number of hydrogen-bond acceptors (Lipinski definition) is 4. The van der Waals surface area contributed by atoms with Gasteiger partial charge in [-0.2, -0.15) is 0 Å². The number of aromatic nitrogens is 2. The summed E-state index contributed by atoms with van der Waals surface area (Å²) in [5, 5.41) is 3.40. The molecular weight excluding hydrogens is 269 g/mol. The molecule has 0 unspecified atom stereocenters. The molecule has 0 saturated carbocycles. The van der Waals surface area contributed by atoms with Crippen LogP contribution in [0.4, 0.5) is 10.2 Å². The summed E-state index contributed by atoms with van der Waals surface area (Å²) in [6, 6.07) is 6.35. The second-order valence-corrected chi connectivity index (χ2v) is 4.29. The lowest BCUT2D eigenvalue weighted by Crippen LogP contribution is -2.05. The van der Waals surface area contributed by atoms with Crippen molar-refractivity contribution < 1.29 is 9.13 Å². The molecule has 1 aromatic carbocycles. The minimum Gasteiger partial charge on any atom is -0.378 e. The zero-order chi connectivity index (χ0) is 13.7. The first-order chi connectivity index (χ1) is 9.20. The van der Waals surface area contributed by atoms with E-state index in [4.69, 9.17) is 16.3 Å². The fourth-order valence-corrected chi connectivity index (χ4v) is 1.83. The number of nitrogens with zero attached hydrogens (tertiary/aromatic N) is 2. The van der Waals surface area contributed by atoms with E-state index in [0.29, 0.717) is 23.0 Å². The molecule has 2 aromatic rings. The summed E-state index contributed by atoms with van der Waals surface area (Å²) in [6.07, 6.45) is 1.43. The molecule has 0 aliphatic rings. The highest BCUT2D eigenvalue weighted by Crippen LogP contribution is 2.20. The second-order valence-electron chi connectivity index (χ2n) is 3.88. The van der Waals surface area contributed by atoms with E-state index < -0.39 is 0 Å². The molecule has 0 atom stereocenters. The maximum Gasteiger partial charge on any atom is 0.129 e. The van der Waals surface area contributed by atoms with Gasteiger partial charge in [0, 0.05) is 30.3 Å². The van der Waals surface area contributed by atoms with Gasteiger partial charge in [-0.1, -0.05) is 17.7 Å². The number of halogens is 2. The van der Waals surface area contributed by atoms with Crippen molar-refractivity contribution in [3.05, 3.63) is 52.7 Å². The minimum atomic E-state index is -0.342. The van der Waals surface area contributed by atoms with Crippen molar-refractivity contribution in [3.63, 3.8) is 0 Å². The Labute approximate surface area is 115 Å². The Kier molecular flexibility index (Phi) is 4.65. The number of methoxy groups -OCH3 is 1. The molecule has 0 aliphatic carbocycles. The van der Waals surface area contributed by atoms with Crippen molar-refractivity contribution in [1.29, 1.82) is 0 Å². The molecular formula is C13H13ClFN3O. The van der Waals surface area contributed by atoms with E-state index in [-0.39, 0.29) is 12.4 Å². The highest BCUT2D eigenvalue weighted by Gasteiger charge is 2.07. The lowest BCUT2D eigenvalue weighted by Gasteiger charge is -2.09. The van der Waals surface area contributed by atoms with Gasteiger partial charge in [0.05, 0.1) is 12.3 Å². The molecule has 0 radical (unpaired) electrons. The van der Waals surface area contributed by atoms with Crippen LogP contribution in [0.15, 0.2) is 30.6 Å². The molecule has 0 spiro atoms. The van der Waals surface area contributed by atoms with Gasteiger partial charge in [0.2, 0.25) is 0 Å². The van der Waals surface area contributed by atoms with E-state index in [9.17, 15) is 4.39 Å². The van der Waals surface area contributed by atoms with Crippen molar-refractivity contribution in [2.24, 2.45) is 0 Å². The van der Waals surface area contributed by atoms with Gasteiger partial charge in [-0.05, 0) is 12.1 Å². The first-order valence-corrected chi connectivity index (χ1v) is 6.05. The van der Waals surface area contributed by atoms with Crippen LogP contribution in [0.5, 0.6) is 0 Å². The fourth-order valence-electron chi connectivity index (χ4n) is 1.60. The third-order valence-electron chi connectivity index (χ3n) is 2.52. The molecule has 1 N–H and O–H groups in total. The third-order valence-corrected chi connectivity index (χ3v) is 2.88. The number of ether oxygens (including phenoxy) is 1. The Morgan fingerprint density at radius 3 is 2.95 bits per heavy atom. The lowest BCUT2D eigenvalue weighted by molar-refractivity contribution is 0.181. The van der Waals surface area contributed by atoms with Crippen molar-refractivity contribution in [3.8, 4) is 0 Å². The molecule has 1 aromatic heterocycles. The van der Waals surface area contributed by atoms with E-state index in [1.54, 1.807) is 25.3 Å². The van der Waals surface area contributed by atoms with Crippen LogP contribution in [-0.2, 0) is 17.9 Å². The Morgan fingerprint density at radius 1 is 1.37 bits per heavy atom. The van der Waals surface area contributed by atoms with Gasteiger partial charge >= 0.3 is 0 Å². The topological polar surface area (TPSA) is 47.0 Å². The van der Waals surface area contributed by atoms with Gasteiger partial charge in [-0.25, -0.2) is 14.4 Å². The monoisotopic (exact) mass is 281 g/mol. The summed E-state index contributed by atoms with van der Waals surface area (Å²) in [6.45, 7) is 0.659. The average molecular weight is 282 g/mol. The fraction of sp³-hybridized carbons (Fsp3) is 0.231. The van der Waals surface area contributed by atoms with E-state index in [1.807, 2.05) is 0 Å². The zero-order valence-electron chi connectivity index (χ0n) is 10.4. The predicted octanol–water partition coefficient (Wildman–Crippen LogP) is 3.03. The molecule has 100 valence electrons. The maximum absolute atomic E-state index is 13.6. The number of nitrogens with one attached hydrogen (secondary N) is 1. The van der Waals surface area contributed by atoms with Gasteiger partial charge in [0.25, 0.3) is 0 Å².